The minimum atomic E-state index is -0.317. The third kappa shape index (κ3) is 3.53. The van der Waals surface area contributed by atoms with Crippen LogP contribution in [0.1, 0.15) is 36.0 Å². The molecule has 1 amide bonds. The summed E-state index contributed by atoms with van der Waals surface area (Å²) in [6.07, 6.45) is 1.13. The fourth-order valence-electron chi connectivity index (χ4n) is 5.94. The van der Waals surface area contributed by atoms with Crippen molar-refractivity contribution in [2.45, 2.75) is 25.7 Å². The number of rotatable bonds is 4. The predicted molar refractivity (Wildman–Crippen MR) is 139 cm³/mol. The Morgan fingerprint density at radius 2 is 1.87 bits per heavy atom. The van der Waals surface area contributed by atoms with Crippen molar-refractivity contribution < 1.29 is 28.5 Å². The zero-order chi connectivity index (χ0) is 26.0. The smallest absolute Gasteiger partial charge is 0.310 e. The molecule has 38 heavy (non-hydrogen) atoms. The molecule has 0 spiro atoms. The summed E-state index contributed by atoms with van der Waals surface area (Å²) in [5, 5.41) is 2.86. The van der Waals surface area contributed by atoms with E-state index in [9.17, 15) is 9.59 Å². The Labute approximate surface area is 218 Å². The van der Waals surface area contributed by atoms with Crippen LogP contribution in [0.2, 0.25) is 0 Å². The number of hydrogen-bond acceptors (Lipinski definition) is 8. The van der Waals surface area contributed by atoms with Crippen LogP contribution in [0.15, 0.2) is 42.5 Å². The first-order valence-corrected chi connectivity index (χ1v) is 12.7. The summed E-state index contributed by atoms with van der Waals surface area (Å²) in [6, 6.07) is 13.4. The second-order valence-electron chi connectivity index (χ2n) is 9.92. The number of nitrogens with zero attached hydrogens (tertiary/aromatic N) is 2. The third-order valence-corrected chi connectivity index (χ3v) is 7.74. The van der Waals surface area contributed by atoms with Gasteiger partial charge >= 0.3 is 5.97 Å². The highest BCUT2D eigenvalue weighted by molar-refractivity contribution is 5.95. The summed E-state index contributed by atoms with van der Waals surface area (Å²) in [5.74, 6) is 1.22. The van der Waals surface area contributed by atoms with Crippen LogP contribution in [0.25, 0.3) is 22.1 Å². The number of hydrogen-bond donors (Lipinski definition) is 1. The van der Waals surface area contributed by atoms with Gasteiger partial charge in [0.05, 0.1) is 36.2 Å². The van der Waals surface area contributed by atoms with E-state index in [1.54, 1.807) is 14.0 Å². The number of methoxy groups -OCH3 is 1. The summed E-state index contributed by atoms with van der Waals surface area (Å²) >= 11 is 0. The Hall–Kier alpha value is -4.40. The lowest BCUT2D eigenvalue weighted by Gasteiger charge is -2.33. The average Bonchev–Trinajstić information content (AvgIpc) is 3.54. The van der Waals surface area contributed by atoms with Crippen LogP contribution >= 0.6 is 0 Å². The highest BCUT2D eigenvalue weighted by atomic mass is 16.7. The predicted octanol–water partition coefficient (Wildman–Crippen LogP) is 4.35. The molecule has 1 aromatic heterocycles. The molecule has 0 bridgehead atoms. The van der Waals surface area contributed by atoms with Gasteiger partial charge in [-0.05, 0) is 65.6 Å². The minimum Gasteiger partial charge on any atom is -0.494 e. The fourth-order valence-corrected chi connectivity index (χ4v) is 5.94. The molecule has 1 aliphatic carbocycles. The number of carbonyl (C=O) groups is 2. The van der Waals surface area contributed by atoms with Crippen LogP contribution in [-0.2, 0) is 20.7 Å². The van der Waals surface area contributed by atoms with Crippen molar-refractivity contribution in [2.24, 2.45) is 11.8 Å². The number of anilines is 1. The van der Waals surface area contributed by atoms with E-state index in [1.807, 2.05) is 42.5 Å². The highest BCUT2D eigenvalue weighted by Gasteiger charge is 2.48. The Kier molecular flexibility index (Phi) is 5.14. The summed E-state index contributed by atoms with van der Waals surface area (Å²) in [4.78, 5) is 34.6. The van der Waals surface area contributed by atoms with Gasteiger partial charge in [-0.1, -0.05) is 6.92 Å². The fraction of sp³-hybridized carbons (Fsp3) is 0.310. The van der Waals surface area contributed by atoms with Gasteiger partial charge < -0.3 is 24.3 Å². The maximum Gasteiger partial charge on any atom is 0.310 e. The van der Waals surface area contributed by atoms with Gasteiger partial charge in [0.15, 0.2) is 11.5 Å². The minimum absolute atomic E-state index is 0.0700. The quantitative estimate of drug-likeness (QED) is 0.318. The molecule has 0 unspecified atom stereocenters. The summed E-state index contributed by atoms with van der Waals surface area (Å²) in [7, 11) is 1.60. The Morgan fingerprint density at radius 1 is 1.03 bits per heavy atom. The lowest BCUT2D eigenvalue weighted by Crippen LogP contribution is -2.31. The topological polar surface area (TPSA) is 109 Å². The van der Waals surface area contributed by atoms with E-state index >= 15 is 0 Å². The van der Waals surface area contributed by atoms with Gasteiger partial charge in [0.1, 0.15) is 11.3 Å². The first kappa shape index (κ1) is 22.8. The third-order valence-electron chi connectivity index (χ3n) is 7.74. The van der Waals surface area contributed by atoms with Crippen LogP contribution in [-0.4, -0.2) is 42.4 Å². The van der Waals surface area contributed by atoms with Crippen LogP contribution < -0.4 is 19.5 Å². The number of nitrogens with one attached hydrogen (secondary N) is 1. The van der Waals surface area contributed by atoms with E-state index in [4.69, 9.17) is 28.9 Å². The van der Waals surface area contributed by atoms with Gasteiger partial charge in [0, 0.05) is 23.9 Å². The molecule has 7 rings (SSSR count). The lowest BCUT2D eigenvalue weighted by atomic mass is 9.67. The molecule has 3 aromatic carbocycles. The lowest BCUT2D eigenvalue weighted by molar-refractivity contribution is -0.141. The van der Waals surface area contributed by atoms with Crippen molar-refractivity contribution in [1.29, 1.82) is 0 Å². The number of cyclic esters (lactones) is 1. The van der Waals surface area contributed by atoms with Crippen molar-refractivity contribution >= 4 is 39.6 Å². The molecule has 3 aliphatic rings. The Morgan fingerprint density at radius 3 is 2.68 bits per heavy atom. The van der Waals surface area contributed by atoms with E-state index in [-0.39, 0.29) is 36.4 Å². The summed E-state index contributed by atoms with van der Waals surface area (Å²) in [6.45, 7) is 2.40. The van der Waals surface area contributed by atoms with Gasteiger partial charge in [-0.3, -0.25) is 9.59 Å². The zero-order valence-corrected chi connectivity index (χ0v) is 20.9. The van der Waals surface area contributed by atoms with E-state index in [1.165, 1.54) is 0 Å². The largest absolute Gasteiger partial charge is 0.494 e. The van der Waals surface area contributed by atoms with Crippen molar-refractivity contribution in [3.63, 3.8) is 0 Å². The van der Waals surface area contributed by atoms with Crippen LogP contribution in [0.3, 0.4) is 0 Å². The number of amides is 1. The van der Waals surface area contributed by atoms with Gasteiger partial charge in [-0.2, -0.15) is 0 Å². The monoisotopic (exact) mass is 511 g/mol. The molecule has 9 heteroatoms. The molecule has 3 atom stereocenters. The van der Waals surface area contributed by atoms with Gasteiger partial charge in [-0.15, -0.1) is 0 Å². The molecule has 1 saturated heterocycles. The normalized spacial score (nSPS) is 21.2. The molecule has 3 heterocycles. The summed E-state index contributed by atoms with van der Waals surface area (Å²) in [5.41, 5.74) is 6.33. The van der Waals surface area contributed by atoms with E-state index in [0.717, 1.165) is 28.9 Å². The van der Waals surface area contributed by atoms with Crippen LogP contribution in [0, 0.1) is 11.8 Å². The molecule has 0 radical (unpaired) electrons. The number of ether oxygens (including phenoxy) is 4. The molecule has 192 valence electrons. The summed E-state index contributed by atoms with van der Waals surface area (Å²) < 4.78 is 22.6. The van der Waals surface area contributed by atoms with Crippen LogP contribution in [0.5, 0.6) is 17.2 Å². The molecule has 4 aromatic rings. The van der Waals surface area contributed by atoms with Crippen molar-refractivity contribution in [3.8, 4) is 17.2 Å². The second kappa shape index (κ2) is 8.58. The first-order chi connectivity index (χ1) is 18.5. The van der Waals surface area contributed by atoms with E-state index in [0.29, 0.717) is 52.3 Å². The molecule has 9 nitrogen and oxygen atoms in total. The van der Waals surface area contributed by atoms with Crippen LogP contribution in [0.4, 0.5) is 5.69 Å². The number of aromatic nitrogens is 2. The standard InChI is InChI=1S/C29H25N3O6/c1-3-25(33)30-17-4-5-19-20(10-17)32-28-21(31-19)7-15(9-24(28)35-2)26-18-11-23-22(37-13-38-23)8-14(18)6-16-12-36-29(34)27(16)26/h4-5,7-11,16,26-27H,3,6,12-13H2,1-2H3,(H,30,33)/t16-,26+,27-/m0/s1. The molecule has 0 saturated carbocycles. The van der Waals surface area contributed by atoms with E-state index in [2.05, 4.69) is 5.32 Å². The van der Waals surface area contributed by atoms with Gasteiger partial charge in [0.2, 0.25) is 12.7 Å². The average molecular weight is 512 g/mol. The molecule has 2 aliphatic heterocycles. The number of benzene rings is 3. The van der Waals surface area contributed by atoms with Gasteiger partial charge in [0.25, 0.3) is 0 Å². The van der Waals surface area contributed by atoms with Crippen molar-refractivity contribution in [3.05, 3.63) is 59.2 Å². The highest BCUT2D eigenvalue weighted by Crippen LogP contribution is 2.51. The Balaban J connectivity index is 1.39. The van der Waals surface area contributed by atoms with Gasteiger partial charge in [-0.25, -0.2) is 9.97 Å². The molecule has 1 fully saturated rings. The maximum atomic E-state index is 13.0. The first-order valence-electron chi connectivity index (χ1n) is 12.7. The van der Waals surface area contributed by atoms with Crippen molar-refractivity contribution in [2.75, 3.05) is 25.8 Å². The second-order valence-corrected chi connectivity index (χ2v) is 9.92. The van der Waals surface area contributed by atoms with E-state index < -0.39 is 0 Å². The molecule has 1 N–H and O–H groups in total. The Bertz CT molecular complexity index is 1650. The number of fused-ring (bicyclic) bond motifs is 5. The molecular formula is C29H25N3O6. The zero-order valence-electron chi connectivity index (χ0n) is 20.9. The number of carbonyl (C=O) groups excluding carboxylic acids is 2. The molecular weight excluding hydrogens is 486 g/mol. The van der Waals surface area contributed by atoms with Crippen molar-refractivity contribution in [1.82, 2.24) is 9.97 Å². The maximum absolute atomic E-state index is 13.0. The number of esters is 1. The SMILES string of the molecule is CCC(=O)Nc1ccc2nc3cc([C@@H]4c5cc6c(cc5C[C@H]5COC(=O)[C@@H]54)OCO6)cc(OC)c3nc2c1.